The Hall–Kier alpha value is -12.7. The molecule has 0 unspecified atom stereocenters. The zero-order valence-electron chi connectivity index (χ0n) is 51.6. The summed E-state index contributed by atoms with van der Waals surface area (Å²) >= 11 is 0. The van der Waals surface area contributed by atoms with Gasteiger partial charge in [0.05, 0.1) is 50.6 Å². The molecule has 21 nitrogen and oxygen atoms in total. The summed E-state index contributed by atoms with van der Waals surface area (Å²) in [5.74, 6) is 1.67. The molecule has 0 spiro atoms. The summed E-state index contributed by atoms with van der Waals surface area (Å²) in [6.07, 6.45) is 55.6. The van der Waals surface area contributed by atoms with Gasteiger partial charge in [-0.1, -0.05) is 127 Å². The lowest BCUT2D eigenvalue weighted by Crippen LogP contribution is -2.04. The van der Waals surface area contributed by atoms with Crippen LogP contribution >= 0.6 is 0 Å². The number of hydrogen-bond donors (Lipinski definition) is 0. The molecule has 16 rings (SSSR count). The van der Waals surface area contributed by atoms with E-state index in [2.05, 4.69) is 213 Å². The average Bonchev–Trinajstić information content (AvgIpc) is 1.59. The van der Waals surface area contributed by atoms with Gasteiger partial charge in [-0.15, -0.1) is 0 Å². The van der Waals surface area contributed by atoms with Crippen molar-refractivity contribution in [3.63, 3.8) is 0 Å². The molecule has 16 aromatic rings. The Morgan fingerprint density at radius 2 is 0.468 bits per heavy atom. The number of nitrogens with zero attached hydrogens (tertiary/aromatic N) is 21. The zero-order chi connectivity index (χ0) is 63.6. The lowest BCUT2D eigenvalue weighted by atomic mass is 10.0. The molecular weight excluding hydrogens is 1170 g/mol. The summed E-state index contributed by atoms with van der Waals surface area (Å²) in [6.45, 7) is 6.86. The highest BCUT2D eigenvalue weighted by Crippen LogP contribution is 2.22. The molecule has 0 bridgehead atoms. The zero-order valence-corrected chi connectivity index (χ0v) is 51.6. The van der Waals surface area contributed by atoms with Gasteiger partial charge in [-0.05, 0) is 67.8 Å². The van der Waals surface area contributed by atoms with E-state index in [9.17, 15) is 0 Å². The van der Waals surface area contributed by atoms with Gasteiger partial charge in [-0.2, -0.15) is 0 Å². The van der Waals surface area contributed by atoms with E-state index in [1.54, 1.807) is 74.6 Å². The predicted molar refractivity (Wildman–Crippen MR) is 360 cm³/mol. The number of rotatable bonds is 19. The molecule has 0 saturated heterocycles. The minimum absolute atomic E-state index is 0.837. The predicted octanol–water partition coefficient (Wildman–Crippen LogP) is 11.8. The van der Waals surface area contributed by atoms with Crippen LogP contribution in [0.4, 0.5) is 0 Å². The molecule has 0 radical (unpaired) electrons. The lowest BCUT2D eigenvalue weighted by Gasteiger charge is -2.10. The third kappa shape index (κ3) is 18.5. The topological polar surface area (TPSA) is 191 Å². The summed E-state index contributed by atoms with van der Waals surface area (Å²) in [4.78, 5) is 45.0. The van der Waals surface area contributed by atoms with Gasteiger partial charge in [0.2, 0.25) is 0 Å². The first-order chi connectivity index (χ1) is 46.5. The Kier molecular flexibility index (Phi) is 21.1. The van der Waals surface area contributed by atoms with Crippen molar-refractivity contribution in [2.75, 3.05) is 0 Å². The number of benzene rings is 5. The number of hydrogen-bond acceptors (Lipinski definition) is 11. The molecule has 11 aromatic heterocycles. The van der Waals surface area contributed by atoms with Crippen LogP contribution in [0.15, 0.2) is 327 Å². The van der Waals surface area contributed by atoms with E-state index in [-0.39, 0.29) is 0 Å². The van der Waals surface area contributed by atoms with Crippen molar-refractivity contribution in [2.24, 2.45) is 0 Å². The number of aromatic nitrogens is 21. The Labute approximate surface area is 544 Å². The highest BCUT2D eigenvalue weighted by molar-refractivity contribution is 5.64. The van der Waals surface area contributed by atoms with Gasteiger partial charge in [0.15, 0.2) is 0 Å². The lowest BCUT2D eigenvalue weighted by molar-refractivity contribution is 0.749. The van der Waals surface area contributed by atoms with Crippen molar-refractivity contribution in [2.45, 2.75) is 52.4 Å². The summed E-state index contributed by atoms with van der Waals surface area (Å²) in [5, 5.41) is 0. The van der Waals surface area contributed by atoms with E-state index >= 15 is 0 Å². The van der Waals surface area contributed by atoms with E-state index in [1.807, 2.05) is 140 Å². The molecule has 21 heteroatoms. The normalized spacial score (nSPS) is 10.7. The van der Waals surface area contributed by atoms with Crippen molar-refractivity contribution in [3.05, 3.63) is 371 Å². The molecule has 0 N–H and O–H groups in total. The molecule has 11 heterocycles. The molecule has 0 aliphatic heterocycles. The van der Waals surface area contributed by atoms with E-state index < -0.39 is 0 Å². The van der Waals surface area contributed by atoms with Gasteiger partial charge in [0.25, 0.3) is 0 Å². The van der Waals surface area contributed by atoms with E-state index in [4.69, 9.17) is 0 Å². The Bertz CT molecular complexity index is 4310. The third-order valence-corrected chi connectivity index (χ3v) is 15.0. The maximum absolute atomic E-state index is 4.50. The second kappa shape index (κ2) is 32.2. The SMILES string of the molecule is c1cc(-n2ccnc2)nc(-n2ccnc2)c1.c1cc(Cn2ccnc2)cc(Cn2ccnc2)c1.c1ccc(Cn2ccnc2)c(Cn2ccnc2)c1.c1cn(Cc2ccc(-c3ccc(Cn4ccnc4)cc3)cc2)cn1.c1cn(Cc2ccc(Cn3ccnc3)cc2)cn1. The second-order valence-corrected chi connectivity index (χ2v) is 22.0. The maximum Gasteiger partial charge on any atom is 0.140 e. The van der Waals surface area contributed by atoms with Crippen LogP contribution in [0, 0.1) is 0 Å². The molecule has 0 fully saturated rings. The van der Waals surface area contributed by atoms with Crippen LogP contribution in [0.25, 0.3) is 22.8 Å². The van der Waals surface area contributed by atoms with E-state index in [0.29, 0.717) is 0 Å². The van der Waals surface area contributed by atoms with E-state index in [0.717, 1.165) is 64.0 Å². The molecule has 0 aliphatic rings. The van der Waals surface area contributed by atoms with Crippen LogP contribution in [-0.4, -0.2) is 100 Å². The molecule has 0 amide bonds. The fourth-order valence-corrected chi connectivity index (χ4v) is 10.2. The van der Waals surface area contributed by atoms with Gasteiger partial charge < -0.3 is 36.5 Å². The molecule has 0 atom stereocenters. The minimum atomic E-state index is 0.837. The van der Waals surface area contributed by atoms with Crippen molar-refractivity contribution in [1.82, 2.24) is 100 Å². The molecule has 5 aromatic carbocycles. The Balaban J connectivity index is 0.000000114. The highest BCUT2D eigenvalue weighted by atomic mass is 15.2. The first kappa shape index (κ1) is 61.6. The second-order valence-electron chi connectivity index (χ2n) is 22.0. The van der Waals surface area contributed by atoms with Crippen LogP contribution in [0.2, 0.25) is 0 Å². The molecule has 0 saturated carbocycles. The average molecular weight is 1240 g/mol. The smallest absolute Gasteiger partial charge is 0.140 e. The van der Waals surface area contributed by atoms with Gasteiger partial charge in [-0.25, -0.2) is 54.8 Å². The Morgan fingerprint density at radius 1 is 0.213 bits per heavy atom. The number of pyridine rings is 1. The summed E-state index contributed by atoms with van der Waals surface area (Å²) in [5.41, 5.74) is 12.8. The minimum Gasteiger partial charge on any atom is -0.333 e. The maximum atomic E-state index is 4.50. The largest absolute Gasteiger partial charge is 0.333 e. The van der Waals surface area contributed by atoms with Crippen molar-refractivity contribution in [1.29, 1.82) is 0 Å². The standard InChI is InChI=1S/C20H18N4.3C14H14N4.C11H9N5/c1-5-19(6-2-17(1)13-23-11-9-21-15-23)20-7-3-18(4-8-20)14-24-12-10-22-16-24;1-2-14(10-18-8-6-16-12-18)4-3-13(1)9-17-7-5-15-11-17;1-2-13(9-17-6-4-15-11-17)8-14(3-1)10-18-7-5-16-12-18;1-2-4-14(10-18-8-6-16-12-18)13(3-1)9-17-7-5-15-11-17;1-2-10(15-6-4-12-8-15)14-11(3-1)16-7-5-13-9-16/h1-12,15-16H,13-14H2;3*1-8,11-12H,9-10H2;1-9H. The van der Waals surface area contributed by atoms with Crippen LogP contribution in [0.3, 0.4) is 0 Å². The van der Waals surface area contributed by atoms with Crippen LogP contribution < -0.4 is 0 Å². The quantitative estimate of drug-likeness (QED) is 0.0748. The molecule has 466 valence electrons. The first-order valence-corrected chi connectivity index (χ1v) is 30.5. The Morgan fingerprint density at radius 3 is 0.745 bits per heavy atom. The van der Waals surface area contributed by atoms with Crippen molar-refractivity contribution >= 4 is 0 Å². The van der Waals surface area contributed by atoms with Crippen LogP contribution in [0.5, 0.6) is 0 Å². The van der Waals surface area contributed by atoms with Gasteiger partial charge in [0.1, 0.15) is 24.3 Å². The van der Waals surface area contributed by atoms with E-state index in [1.165, 1.54) is 55.6 Å². The first-order valence-electron chi connectivity index (χ1n) is 30.5. The molecular formula is C73H69N21. The van der Waals surface area contributed by atoms with Gasteiger partial charge in [-0.3, -0.25) is 9.13 Å². The van der Waals surface area contributed by atoms with Crippen molar-refractivity contribution < 1.29 is 0 Å². The molecule has 94 heavy (non-hydrogen) atoms. The van der Waals surface area contributed by atoms with Crippen LogP contribution in [0.1, 0.15) is 44.5 Å². The fourth-order valence-electron chi connectivity index (χ4n) is 10.2. The summed E-state index contributed by atoms with van der Waals surface area (Å²) in [6, 6.07) is 48.9. The molecule has 0 aliphatic carbocycles. The monoisotopic (exact) mass is 1240 g/mol. The van der Waals surface area contributed by atoms with Crippen molar-refractivity contribution in [3.8, 4) is 22.8 Å². The number of imidazole rings is 10. The van der Waals surface area contributed by atoms with Gasteiger partial charge >= 0.3 is 0 Å². The fraction of sp³-hybridized carbons (Fsp3) is 0.110. The van der Waals surface area contributed by atoms with Crippen LogP contribution in [-0.2, 0) is 52.4 Å². The third-order valence-electron chi connectivity index (χ3n) is 15.0. The highest BCUT2D eigenvalue weighted by Gasteiger charge is 2.06. The summed E-state index contributed by atoms with van der Waals surface area (Å²) < 4.78 is 20.3. The van der Waals surface area contributed by atoms with Gasteiger partial charge in [0, 0.05) is 176 Å². The summed E-state index contributed by atoms with van der Waals surface area (Å²) in [7, 11) is 0.